The Hall–Kier alpha value is -2.79. The predicted octanol–water partition coefficient (Wildman–Crippen LogP) is 4.97. The first-order chi connectivity index (χ1) is 14.6. The summed E-state index contributed by atoms with van der Waals surface area (Å²) in [6.45, 7) is 0.321. The van der Waals surface area contributed by atoms with Gasteiger partial charge in [0.2, 0.25) is 5.91 Å². The summed E-state index contributed by atoms with van der Waals surface area (Å²) in [6, 6.07) is 8.54. The van der Waals surface area contributed by atoms with Crippen LogP contribution in [0, 0.1) is 5.82 Å². The van der Waals surface area contributed by atoms with Gasteiger partial charge < -0.3 is 15.2 Å². The molecule has 31 heavy (non-hydrogen) atoms. The summed E-state index contributed by atoms with van der Waals surface area (Å²) in [5, 5.41) is 13.9. The van der Waals surface area contributed by atoms with E-state index in [2.05, 4.69) is 20.8 Å². The number of amides is 1. The van der Waals surface area contributed by atoms with Gasteiger partial charge in [0.05, 0.1) is 28.6 Å². The van der Waals surface area contributed by atoms with Gasteiger partial charge in [-0.15, -0.1) is 10.2 Å². The lowest BCUT2D eigenvalue weighted by Crippen LogP contribution is -2.16. The third-order valence-electron chi connectivity index (χ3n) is 4.12. The molecular weight excluding hydrogens is 458 g/mol. The van der Waals surface area contributed by atoms with Gasteiger partial charge in [-0.1, -0.05) is 23.4 Å². The van der Waals surface area contributed by atoms with Gasteiger partial charge in [-0.3, -0.25) is 4.79 Å². The van der Waals surface area contributed by atoms with Crippen LogP contribution in [0.4, 0.5) is 28.9 Å². The fraction of sp³-hybridized carbons (Fsp3) is 0.211. The first-order valence-electron chi connectivity index (χ1n) is 8.80. The fourth-order valence-corrected chi connectivity index (χ4v) is 3.38. The van der Waals surface area contributed by atoms with E-state index >= 15 is 0 Å². The van der Waals surface area contributed by atoms with Crippen molar-refractivity contribution in [1.29, 1.82) is 0 Å². The molecule has 3 rings (SSSR count). The first kappa shape index (κ1) is 22.9. The summed E-state index contributed by atoms with van der Waals surface area (Å²) < 4.78 is 53.2. The van der Waals surface area contributed by atoms with E-state index < -0.39 is 17.6 Å². The Morgan fingerprint density at radius 3 is 2.55 bits per heavy atom. The number of anilines is 2. The maximum Gasteiger partial charge on any atom is 0.416 e. The molecule has 12 heteroatoms. The average molecular weight is 474 g/mol. The zero-order valence-corrected chi connectivity index (χ0v) is 17.6. The molecule has 1 heterocycles. The summed E-state index contributed by atoms with van der Waals surface area (Å²) in [7, 11) is 1.71. The van der Waals surface area contributed by atoms with Crippen molar-refractivity contribution in [3.8, 4) is 0 Å². The van der Waals surface area contributed by atoms with Gasteiger partial charge in [-0.05, 0) is 42.5 Å². The van der Waals surface area contributed by atoms with Crippen LogP contribution in [-0.4, -0.2) is 26.4 Å². The molecule has 164 valence electrons. The van der Waals surface area contributed by atoms with Gasteiger partial charge in [0.15, 0.2) is 11.0 Å². The van der Waals surface area contributed by atoms with Gasteiger partial charge in [0, 0.05) is 12.7 Å². The molecule has 1 aromatic heterocycles. The molecular formula is C19H16ClF4N5OS. The Morgan fingerprint density at radius 1 is 1.16 bits per heavy atom. The van der Waals surface area contributed by atoms with Crippen molar-refractivity contribution in [3.05, 3.63) is 64.7 Å². The summed E-state index contributed by atoms with van der Waals surface area (Å²) in [4.78, 5) is 12.2. The summed E-state index contributed by atoms with van der Waals surface area (Å²) in [5.41, 5.74) is -0.327. The van der Waals surface area contributed by atoms with E-state index in [1.807, 2.05) is 0 Å². The van der Waals surface area contributed by atoms with E-state index in [0.717, 1.165) is 30.0 Å². The maximum atomic E-state index is 13.0. The minimum atomic E-state index is -4.55. The number of nitrogens with one attached hydrogen (secondary N) is 2. The predicted molar refractivity (Wildman–Crippen MR) is 111 cm³/mol. The Labute approximate surface area is 184 Å². The number of benzene rings is 2. The summed E-state index contributed by atoms with van der Waals surface area (Å²) >= 11 is 6.96. The average Bonchev–Trinajstić information content (AvgIpc) is 3.06. The molecule has 0 radical (unpaired) electrons. The van der Waals surface area contributed by atoms with E-state index in [1.165, 1.54) is 12.1 Å². The highest BCUT2D eigenvalue weighted by atomic mass is 35.5. The highest BCUT2D eigenvalue weighted by molar-refractivity contribution is 7.99. The van der Waals surface area contributed by atoms with Gasteiger partial charge in [-0.2, -0.15) is 13.2 Å². The summed E-state index contributed by atoms with van der Waals surface area (Å²) in [6.07, 6.45) is -4.55. The number of thioether (sulfide) groups is 1. The van der Waals surface area contributed by atoms with Gasteiger partial charge in [-0.25, -0.2) is 4.39 Å². The van der Waals surface area contributed by atoms with E-state index in [4.69, 9.17) is 11.6 Å². The number of hydrogen-bond donors (Lipinski definition) is 2. The van der Waals surface area contributed by atoms with E-state index in [9.17, 15) is 22.4 Å². The highest BCUT2D eigenvalue weighted by Gasteiger charge is 2.31. The lowest BCUT2D eigenvalue weighted by Gasteiger charge is -2.11. The smallest absolute Gasteiger partial charge is 0.378 e. The second kappa shape index (κ2) is 9.56. The van der Waals surface area contributed by atoms with Crippen molar-refractivity contribution < 1.29 is 22.4 Å². The molecule has 0 aliphatic rings. The van der Waals surface area contributed by atoms with Crippen LogP contribution < -0.4 is 10.6 Å². The van der Waals surface area contributed by atoms with Crippen LogP contribution in [0.15, 0.2) is 47.6 Å². The maximum absolute atomic E-state index is 13.0. The number of hydrogen-bond acceptors (Lipinski definition) is 5. The van der Waals surface area contributed by atoms with Crippen molar-refractivity contribution in [3.63, 3.8) is 0 Å². The van der Waals surface area contributed by atoms with Crippen molar-refractivity contribution in [1.82, 2.24) is 14.8 Å². The molecule has 1 amide bonds. The SMILES string of the molecule is Cn1c(CNc2ccc(F)cc2)nnc1SCC(=O)Nc1cc(C(F)(F)F)ccc1Cl. The van der Waals surface area contributed by atoms with E-state index in [0.29, 0.717) is 23.2 Å². The highest BCUT2D eigenvalue weighted by Crippen LogP contribution is 2.34. The minimum Gasteiger partial charge on any atom is -0.378 e. The van der Waals surface area contributed by atoms with Crippen LogP contribution in [-0.2, 0) is 24.6 Å². The Balaban J connectivity index is 1.57. The number of carbonyl (C=O) groups excluding carboxylic acids is 1. The molecule has 0 unspecified atom stereocenters. The molecule has 3 aromatic rings. The van der Waals surface area contributed by atoms with Crippen LogP contribution in [0.3, 0.4) is 0 Å². The van der Waals surface area contributed by atoms with Crippen molar-refractivity contribution >= 4 is 40.6 Å². The van der Waals surface area contributed by atoms with Crippen LogP contribution in [0.1, 0.15) is 11.4 Å². The second-order valence-corrected chi connectivity index (χ2v) is 7.70. The Morgan fingerprint density at radius 2 is 1.87 bits per heavy atom. The quantitative estimate of drug-likeness (QED) is 0.374. The largest absolute Gasteiger partial charge is 0.416 e. The monoisotopic (exact) mass is 473 g/mol. The van der Waals surface area contributed by atoms with Crippen LogP contribution in [0.25, 0.3) is 0 Å². The second-order valence-electron chi connectivity index (χ2n) is 6.35. The molecule has 0 atom stereocenters. The fourth-order valence-electron chi connectivity index (χ4n) is 2.49. The summed E-state index contributed by atoms with van der Waals surface area (Å²) in [5.74, 6) is -0.412. The van der Waals surface area contributed by atoms with Crippen molar-refractivity contribution in [2.45, 2.75) is 17.9 Å². The number of carbonyl (C=O) groups is 1. The third-order valence-corrected chi connectivity index (χ3v) is 5.47. The third kappa shape index (κ3) is 6.11. The molecule has 0 aliphatic heterocycles. The number of nitrogens with zero attached hydrogens (tertiary/aromatic N) is 3. The minimum absolute atomic E-state index is 0.000776. The number of halogens is 5. The van der Waals surface area contributed by atoms with Crippen LogP contribution in [0.2, 0.25) is 5.02 Å². The molecule has 0 spiro atoms. The van der Waals surface area contributed by atoms with Crippen LogP contribution in [0.5, 0.6) is 0 Å². The molecule has 0 saturated carbocycles. The molecule has 2 N–H and O–H groups in total. The lowest BCUT2D eigenvalue weighted by molar-refractivity contribution is -0.137. The number of alkyl halides is 3. The molecule has 0 aliphatic carbocycles. The van der Waals surface area contributed by atoms with E-state index in [-0.39, 0.29) is 22.3 Å². The van der Waals surface area contributed by atoms with Gasteiger partial charge in [0.1, 0.15) is 5.82 Å². The topological polar surface area (TPSA) is 71.8 Å². The molecule has 6 nitrogen and oxygen atoms in total. The Kier molecular flexibility index (Phi) is 7.06. The number of rotatable bonds is 7. The molecule has 0 bridgehead atoms. The standard InChI is InChI=1S/C19H16ClF4N5OS/c1-29-16(9-25-13-5-3-12(21)4-6-13)27-28-18(29)31-10-17(30)26-15-8-11(19(22,23)24)2-7-14(15)20/h2-8,25H,9-10H2,1H3,(H,26,30). The zero-order chi connectivity index (χ0) is 22.6. The van der Waals surface area contributed by atoms with Crippen LogP contribution >= 0.6 is 23.4 Å². The first-order valence-corrected chi connectivity index (χ1v) is 10.2. The zero-order valence-electron chi connectivity index (χ0n) is 16.0. The number of aromatic nitrogens is 3. The molecule has 0 saturated heterocycles. The normalized spacial score (nSPS) is 11.4. The lowest BCUT2D eigenvalue weighted by atomic mass is 10.2. The van der Waals surface area contributed by atoms with E-state index in [1.54, 1.807) is 23.7 Å². The van der Waals surface area contributed by atoms with Gasteiger partial charge >= 0.3 is 6.18 Å². The van der Waals surface area contributed by atoms with Crippen molar-refractivity contribution in [2.24, 2.45) is 7.05 Å². The Bertz CT molecular complexity index is 1070. The molecule has 0 fully saturated rings. The molecule has 2 aromatic carbocycles. The van der Waals surface area contributed by atoms with Crippen molar-refractivity contribution in [2.75, 3.05) is 16.4 Å². The van der Waals surface area contributed by atoms with Gasteiger partial charge in [0.25, 0.3) is 0 Å².